The zero-order chi connectivity index (χ0) is 39.1. The number of aliphatic hydroxyl groups is 2. The minimum absolute atomic E-state index is 0.00595. The average Bonchev–Trinajstić information content (AvgIpc) is 3.05. The number of phenolic OH excluding ortho intramolecular Hbond substituents is 2. The first-order valence-corrected chi connectivity index (χ1v) is 18.6. The fraction of sp³-hybridized carbons (Fsp3) is 0.478. The molecule has 0 saturated carbocycles. The van der Waals surface area contributed by atoms with E-state index in [1.807, 2.05) is 60.7 Å². The third kappa shape index (κ3) is 12.2. The Kier molecular flexibility index (Phi) is 14.3. The lowest BCUT2D eigenvalue weighted by molar-refractivity contribution is 0.174. The van der Waals surface area contributed by atoms with Gasteiger partial charge in [0.2, 0.25) is 0 Å². The number of phenols is 2. The lowest BCUT2D eigenvalue weighted by Crippen LogP contribution is -2.23. The van der Waals surface area contributed by atoms with Gasteiger partial charge in [0.1, 0.15) is 11.5 Å². The minimum atomic E-state index is -0.564. The third-order valence-electron chi connectivity index (χ3n) is 9.40. The van der Waals surface area contributed by atoms with Crippen molar-refractivity contribution in [3.63, 3.8) is 0 Å². The van der Waals surface area contributed by atoms with Gasteiger partial charge in [-0.1, -0.05) is 168 Å². The number of nitrogens with one attached hydrogen (secondary N) is 2. The summed E-state index contributed by atoms with van der Waals surface area (Å²) in [5.41, 5.74) is 7.62. The Morgan fingerprint density at radius 3 is 1.04 bits per heavy atom. The van der Waals surface area contributed by atoms with Gasteiger partial charge in [-0.05, 0) is 55.0 Å². The van der Waals surface area contributed by atoms with Gasteiger partial charge in [-0.3, -0.25) is 0 Å². The van der Waals surface area contributed by atoms with Crippen LogP contribution < -0.4 is 10.6 Å². The van der Waals surface area contributed by atoms with Crippen molar-refractivity contribution in [3.8, 4) is 11.5 Å². The molecule has 0 bridgehead atoms. The number of hydrogen-bond acceptors (Lipinski definition) is 6. The topological polar surface area (TPSA) is 105 Å². The van der Waals surface area contributed by atoms with Crippen LogP contribution in [0.1, 0.15) is 140 Å². The molecule has 0 aliphatic carbocycles. The van der Waals surface area contributed by atoms with Crippen molar-refractivity contribution < 1.29 is 20.4 Å². The van der Waals surface area contributed by atoms with E-state index in [1.165, 1.54) is 11.1 Å². The predicted octanol–water partition coefficient (Wildman–Crippen LogP) is 9.62. The van der Waals surface area contributed by atoms with Crippen LogP contribution in [0.3, 0.4) is 0 Å². The normalized spacial score (nSPS) is 13.7. The number of hydrogen-bond donors (Lipinski definition) is 6. The molecule has 0 spiro atoms. The van der Waals surface area contributed by atoms with Gasteiger partial charge in [0, 0.05) is 37.3 Å². The van der Waals surface area contributed by atoms with Crippen molar-refractivity contribution in [1.29, 1.82) is 0 Å². The summed E-state index contributed by atoms with van der Waals surface area (Å²) in [5, 5.41) is 48.8. The summed E-state index contributed by atoms with van der Waals surface area (Å²) >= 11 is 0. The van der Waals surface area contributed by atoms with Crippen molar-refractivity contribution in [3.05, 3.63) is 129 Å². The molecule has 0 fully saturated rings. The SMILES string of the molecule is CC(C)(C)c1cc(CNC[C@H](O)c2ccccc2)c(O)c(C(C)(C)C)c1.CC(C)(C)c1cc(CNC[C@H](O)c2ccccc2)c(O)c(C(C)(C)C)c1. The molecule has 0 amide bonds. The molecule has 4 rings (SSSR count). The highest BCUT2D eigenvalue weighted by Crippen LogP contribution is 2.39. The van der Waals surface area contributed by atoms with Crippen molar-refractivity contribution in [1.82, 2.24) is 10.6 Å². The molecule has 2 atom stereocenters. The van der Waals surface area contributed by atoms with Crippen LogP contribution in [0.15, 0.2) is 84.9 Å². The molecule has 6 N–H and O–H groups in total. The standard InChI is InChI=1S/2C23H33NO2/c2*1-22(2,3)18-12-17(21(26)19(13-18)23(4,5)6)14-24-15-20(25)16-10-8-7-9-11-16/h2*7-13,20,24-26H,14-15H2,1-6H3/t2*20-/m00/s1. The van der Waals surface area contributed by atoms with Crippen LogP contribution in [0.4, 0.5) is 0 Å². The van der Waals surface area contributed by atoms with Crippen molar-refractivity contribution in [2.75, 3.05) is 13.1 Å². The van der Waals surface area contributed by atoms with E-state index in [0.717, 1.165) is 33.4 Å². The summed E-state index contributed by atoms with van der Waals surface area (Å²) in [4.78, 5) is 0. The molecule has 52 heavy (non-hydrogen) atoms. The van der Waals surface area contributed by atoms with Crippen LogP contribution in [0, 0.1) is 0 Å². The molecule has 0 aromatic heterocycles. The predicted molar refractivity (Wildman–Crippen MR) is 217 cm³/mol. The Hall–Kier alpha value is -3.68. The van der Waals surface area contributed by atoms with Gasteiger partial charge in [-0.15, -0.1) is 0 Å². The van der Waals surface area contributed by atoms with Crippen LogP contribution in [0.5, 0.6) is 11.5 Å². The van der Waals surface area contributed by atoms with Crippen LogP contribution in [-0.4, -0.2) is 33.5 Å². The van der Waals surface area contributed by atoms with Gasteiger partial charge in [-0.25, -0.2) is 0 Å². The summed E-state index contributed by atoms with van der Waals surface area (Å²) < 4.78 is 0. The molecule has 6 nitrogen and oxygen atoms in total. The Balaban J connectivity index is 0.000000280. The van der Waals surface area contributed by atoms with Crippen LogP contribution in [-0.2, 0) is 34.7 Å². The van der Waals surface area contributed by atoms with E-state index in [0.29, 0.717) is 37.7 Å². The smallest absolute Gasteiger partial charge is 0.123 e. The number of aliphatic hydroxyl groups excluding tert-OH is 2. The zero-order valence-electron chi connectivity index (χ0n) is 33.9. The van der Waals surface area contributed by atoms with Gasteiger partial charge < -0.3 is 31.1 Å². The maximum Gasteiger partial charge on any atom is 0.123 e. The maximum absolute atomic E-state index is 10.8. The minimum Gasteiger partial charge on any atom is -0.507 e. The Morgan fingerprint density at radius 1 is 0.462 bits per heavy atom. The molecular weight excluding hydrogens is 645 g/mol. The average molecular weight is 711 g/mol. The molecule has 284 valence electrons. The second kappa shape index (κ2) is 17.4. The van der Waals surface area contributed by atoms with Crippen LogP contribution in [0.25, 0.3) is 0 Å². The van der Waals surface area contributed by atoms with Crippen LogP contribution in [0.2, 0.25) is 0 Å². The van der Waals surface area contributed by atoms with E-state index in [9.17, 15) is 20.4 Å². The molecular formula is C46H66N2O4. The summed E-state index contributed by atoms with van der Waals surface area (Å²) in [6, 6.07) is 27.6. The summed E-state index contributed by atoms with van der Waals surface area (Å²) in [7, 11) is 0. The molecule has 6 heteroatoms. The van der Waals surface area contributed by atoms with Crippen molar-refractivity contribution in [2.45, 2.75) is 130 Å². The van der Waals surface area contributed by atoms with Crippen molar-refractivity contribution in [2.24, 2.45) is 0 Å². The zero-order valence-corrected chi connectivity index (χ0v) is 33.9. The molecule has 0 saturated heterocycles. The molecule has 0 aliphatic heterocycles. The molecule has 0 aliphatic rings. The highest BCUT2D eigenvalue weighted by atomic mass is 16.3. The van der Waals surface area contributed by atoms with E-state index in [4.69, 9.17) is 0 Å². The maximum atomic E-state index is 10.8. The van der Waals surface area contributed by atoms with E-state index >= 15 is 0 Å². The van der Waals surface area contributed by atoms with E-state index in [2.05, 4.69) is 118 Å². The lowest BCUT2D eigenvalue weighted by atomic mass is 9.79. The fourth-order valence-electron chi connectivity index (χ4n) is 5.94. The fourth-order valence-corrected chi connectivity index (χ4v) is 5.94. The molecule has 0 unspecified atom stereocenters. The molecule has 0 radical (unpaired) electrons. The van der Waals surface area contributed by atoms with Gasteiger partial charge in [-0.2, -0.15) is 0 Å². The van der Waals surface area contributed by atoms with Crippen LogP contribution >= 0.6 is 0 Å². The number of benzene rings is 4. The van der Waals surface area contributed by atoms with Gasteiger partial charge in [0.15, 0.2) is 0 Å². The molecule has 4 aromatic rings. The quantitative estimate of drug-likeness (QED) is 0.0980. The largest absolute Gasteiger partial charge is 0.507 e. The second-order valence-corrected chi connectivity index (χ2v) is 18.2. The first-order valence-electron chi connectivity index (χ1n) is 18.6. The van der Waals surface area contributed by atoms with E-state index in [1.54, 1.807) is 0 Å². The lowest BCUT2D eigenvalue weighted by Gasteiger charge is -2.27. The van der Waals surface area contributed by atoms with Gasteiger partial charge in [0.25, 0.3) is 0 Å². The third-order valence-corrected chi connectivity index (χ3v) is 9.40. The second-order valence-electron chi connectivity index (χ2n) is 18.2. The monoisotopic (exact) mass is 711 g/mol. The summed E-state index contributed by atoms with van der Waals surface area (Å²) in [5.74, 6) is 0.708. The summed E-state index contributed by atoms with van der Waals surface area (Å²) in [6.45, 7) is 27.7. The Bertz CT molecular complexity index is 1580. The Morgan fingerprint density at radius 2 is 0.769 bits per heavy atom. The first kappa shape index (κ1) is 42.7. The van der Waals surface area contributed by atoms with Gasteiger partial charge >= 0.3 is 0 Å². The summed E-state index contributed by atoms with van der Waals surface area (Å²) in [6.07, 6.45) is -1.13. The first-order chi connectivity index (χ1) is 24.0. The van der Waals surface area contributed by atoms with Crippen molar-refractivity contribution >= 4 is 0 Å². The molecule has 0 heterocycles. The highest BCUT2D eigenvalue weighted by molar-refractivity contribution is 5.50. The number of rotatable bonds is 10. The van der Waals surface area contributed by atoms with Gasteiger partial charge in [0.05, 0.1) is 12.2 Å². The van der Waals surface area contributed by atoms with E-state index in [-0.39, 0.29) is 21.7 Å². The Labute approximate surface area is 314 Å². The number of aromatic hydroxyl groups is 2. The molecule has 4 aromatic carbocycles. The highest BCUT2D eigenvalue weighted by Gasteiger charge is 2.26. The van der Waals surface area contributed by atoms with E-state index < -0.39 is 12.2 Å².